The molecule has 3 heteroatoms. The summed E-state index contributed by atoms with van der Waals surface area (Å²) in [5, 5.41) is 0. The summed E-state index contributed by atoms with van der Waals surface area (Å²) in [6.45, 7) is 1.92. The van der Waals surface area contributed by atoms with Gasteiger partial charge in [0.05, 0.1) is 0 Å². The van der Waals surface area contributed by atoms with E-state index in [1.807, 2.05) is 6.92 Å². The lowest BCUT2D eigenvalue weighted by Gasteiger charge is -2.05. The maximum Gasteiger partial charge on any atom is 0.136 e. The zero-order valence-corrected chi connectivity index (χ0v) is 8.36. The molecule has 2 unspecified atom stereocenters. The lowest BCUT2D eigenvalue weighted by atomic mass is 10.1. The molecule has 0 aromatic heterocycles. The summed E-state index contributed by atoms with van der Waals surface area (Å²) in [5.74, 6) is 2.07. The van der Waals surface area contributed by atoms with Crippen LogP contribution in [0.5, 0.6) is 0 Å². The first kappa shape index (κ1) is 9.90. The largest absolute Gasteiger partial charge is 0.299 e. The van der Waals surface area contributed by atoms with Crippen LogP contribution in [0.15, 0.2) is 0 Å². The van der Waals surface area contributed by atoms with Gasteiger partial charge in [-0.1, -0.05) is 6.92 Å². The molecule has 0 heterocycles. The molecular weight excluding hydrogens is 172 g/mol. The summed E-state index contributed by atoms with van der Waals surface area (Å²) in [5.41, 5.74) is 0. The number of hydrogen-bond acceptors (Lipinski definition) is 2. The molecule has 12 heavy (non-hydrogen) atoms. The van der Waals surface area contributed by atoms with Crippen molar-refractivity contribution in [3.63, 3.8) is 0 Å². The van der Waals surface area contributed by atoms with Gasteiger partial charge in [0.15, 0.2) is 0 Å². The van der Waals surface area contributed by atoms with Crippen molar-refractivity contribution < 1.29 is 9.00 Å². The fourth-order valence-electron chi connectivity index (χ4n) is 1.61. The molecule has 2 atom stereocenters. The first-order valence-corrected chi connectivity index (χ1v) is 6.10. The summed E-state index contributed by atoms with van der Waals surface area (Å²) in [7, 11) is -0.690. The van der Waals surface area contributed by atoms with E-state index in [4.69, 9.17) is 0 Å². The molecule has 70 valence electrons. The molecule has 2 nitrogen and oxygen atoms in total. The fraction of sp³-hybridized carbons (Fsp3) is 0.889. The molecule has 0 aliphatic heterocycles. The van der Waals surface area contributed by atoms with Gasteiger partial charge in [-0.3, -0.25) is 9.00 Å². The van der Waals surface area contributed by atoms with Crippen LogP contribution in [0, 0.1) is 5.92 Å². The molecule has 0 saturated heterocycles. The SMILES string of the molecule is CCS(=O)CCC1CCCC1=O. The van der Waals surface area contributed by atoms with E-state index in [0.29, 0.717) is 11.5 Å². The minimum Gasteiger partial charge on any atom is -0.299 e. The molecule has 0 radical (unpaired) electrons. The third kappa shape index (κ3) is 2.70. The van der Waals surface area contributed by atoms with E-state index in [-0.39, 0.29) is 5.92 Å². The van der Waals surface area contributed by atoms with Crippen molar-refractivity contribution in [3.8, 4) is 0 Å². The number of Topliss-reactive ketones (excluding diaryl/α,β-unsaturated/α-hetero) is 1. The van der Waals surface area contributed by atoms with Gasteiger partial charge in [-0.25, -0.2) is 0 Å². The van der Waals surface area contributed by atoms with E-state index in [9.17, 15) is 9.00 Å². The van der Waals surface area contributed by atoms with Gasteiger partial charge in [0.25, 0.3) is 0 Å². The molecule has 1 aliphatic carbocycles. The van der Waals surface area contributed by atoms with Crippen LogP contribution in [0.25, 0.3) is 0 Å². The summed E-state index contributed by atoms with van der Waals surface area (Å²) in [6.07, 6.45) is 3.67. The van der Waals surface area contributed by atoms with E-state index in [0.717, 1.165) is 31.4 Å². The molecular formula is C9H16O2S. The standard InChI is InChI=1S/C9H16O2S/c1-2-12(11)7-6-8-4-3-5-9(8)10/h8H,2-7H2,1H3. The highest BCUT2D eigenvalue weighted by Gasteiger charge is 2.23. The van der Waals surface area contributed by atoms with Crippen molar-refractivity contribution >= 4 is 16.6 Å². The van der Waals surface area contributed by atoms with Crippen LogP contribution in [0.4, 0.5) is 0 Å². The van der Waals surface area contributed by atoms with E-state index in [2.05, 4.69) is 0 Å². The van der Waals surface area contributed by atoms with Crippen LogP contribution in [0.3, 0.4) is 0 Å². The lowest BCUT2D eigenvalue weighted by Crippen LogP contribution is -2.11. The molecule has 0 aromatic carbocycles. The molecule has 0 spiro atoms. The monoisotopic (exact) mass is 188 g/mol. The van der Waals surface area contributed by atoms with E-state index in [1.54, 1.807) is 0 Å². The number of carbonyl (C=O) groups excluding carboxylic acids is 1. The Morgan fingerprint density at radius 1 is 1.58 bits per heavy atom. The first-order valence-electron chi connectivity index (χ1n) is 4.61. The van der Waals surface area contributed by atoms with Crippen molar-refractivity contribution in [2.24, 2.45) is 5.92 Å². The van der Waals surface area contributed by atoms with Crippen molar-refractivity contribution in [2.75, 3.05) is 11.5 Å². The summed E-state index contributed by atoms with van der Waals surface area (Å²) in [6, 6.07) is 0. The fourth-order valence-corrected chi connectivity index (χ4v) is 2.45. The molecule has 0 bridgehead atoms. The van der Waals surface area contributed by atoms with Crippen LogP contribution in [-0.4, -0.2) is 21.5 Å². The van der Waals surface area contributed by atoms with Gasteiger partial charge in [-0.05, 0) is 19.3 Å². The van der Waals surface area contributed by atoms with Crippen molar-refractivity contribution in [2.45, 2.75) is 32.6 Å². The van der Waals surface area contributed by atoms with Crippen molar-refractivity contribution in [3.05, 3.63) is 0 Å². The summed E-state index contributed by atoms with van der Waals surface area (Å²) in [4.78, 5) is 11.2. The highest BCUT2D eigenvalue weighted by Crippen LogP contribution is 2.24. The average Bonchev–Trinajstić information content (AvgIpc) is 2.47. The van der Waals surface area contributed by atoms with Crippen LogP contribution in [0.2, 0.25) is 0 Å². The van der Waals surface area contributed by atoms with Gasteiger partial charge < -0.3 is 0 Å². The van der Waals surface area contributed by atoms with E-state index in [1.165, 1.54) is 0 Å². The van der Waals surface area contributed by atoms with Gasteiger partial charge in [0, 0.05) is 34.6 Å². The van der Waals surface area contributed by atoms with Crippen LogP contribution in [-0.2, 0) is 15.6 Å². The zero-order chi connectivity index (χ0) is 8.97. The quantitative estimate of drug-likeness (QED) is 0.670. The Hall–Kier alpha value is -0.180. The van der Waals surface area contributed by atoms with Crippen LogP contribution < -0.4 is 0 Å². The molecule has 0 N–H and O–H groups in total. The second-order valence-corrected chi connectivity index (χ2v) is 5.14. The number of carbonyl (C=O) groups is 1. The highest BCUT2D eigenvalue weighted by atomic mass is 32.2. The molecule has 1 saturated carbocycles. The van der Waals surface area contributed by atoms with E-state index < -0.39 is 10.8 Å². The number of rotatable bonds is 4. The van der Waals surface area contributed by atoms with E-state index >= 15 is 0 Å². The third-order valence-corrected chi connectivity index (χ3v) is 3.78. The van der Waals surface area contributed by atoms with Gasteiger partial charge in [0.1, 0.15) is 5.78 Å². The van der Waals surface area contributed by atoms with Gasteiger partial charge in [-0.15, -0.1) is 0 Å². The number of ketones is 1. The Labute approximate surface area is 76.2 Å². The van der Waals surface area contributed by atoms with Gasteiger partial charge in [0.2, 0.25) is 0 Å². The summed E-state index contributed by atoms with van der Waals surface area (Å²) < 4.78 is 11.1. The Kier molecular flexibility index (Phi) is 3.92. The Balaban J connectivity index is 2.22. The Morgan fingerprint density at radius 3 is 2.83 bits per heavy atom. The molecule has 0 aromatic rings. The zero-order valence-electron chi connectivity index (χ0n) is 7.54. The van der Waals surface area contributed by atoms with Gasteiger partial charge in [-0.2, -0.15) is 0 Å². The lowest BCUT2D eigenvalue weighted by molar-refractivity contribution is -0.120. The predicted octanol–water partition coefficient (Wildman–Crippen LogP) is 1.51. The maximum absolute atomic E-state index is 11.2. The second-order valence-electron chi connectivity index (χ2n) is 3.28. The van der Waals surface area contributed by atoms with Crippen molar-refractivity contribution in [1.29, 1.82) is 0 Å². The normalized spacial score (nSPS) is 26.1. The third-order valence-electron chi connectivity index (χ3n) is 2.45. The Morgan fingerprint density at radius 2 is 2.33 bits per heavy atom. The smallest absolute Gasteiger partial charge is 0.136 e. The minimum atomic E-state index is -0.690. The predicted molar refractivity (Wildman–Crippen MR) is 50.5 cm³/mol. The molecule has 1 aliphatic rings. The maximum atomic E-state index is 11.2. The second kappa shape index (κ2) is 4.75. The van der Waals surface area contributed by atoms with Crippen LogP contribution >= 0.6 is 0 Å². The van der Waals surface area contributed by atoms with Crippen LogP contribution in [0.1, 0.15) is 32.6 Å². The Bertz CT molecular complexity index is 189. The first-order chi connectivity index (χ1) is 5.74. The minimum absolute atomic E-state index is 0.237. The highest BCUT2D eigenvalue weighted by molar-refractivity contribution is 7.84. The molecule has 0 amide bonds. The topological polar surface area (TPSA) is 34.1 Å². The summed E-state index contributed by atoms with van der Waals surface area (Å²) >= 11 is 0. The molecule has 1 fully saturated rings. The van der Waals surface area contributed by atoms with Crippen molar-refractivity contribution in [1.82, 2.24) is 0 Å². The number of hydrogen-bond donors (Lipinski definition) is 0. The molecule has 1 rings (SSSR count). The average molecular weight is 188 g/mol. The van der Waals surface area contributed by atoms with Gasteiger partial charge >= 0.3 is 0 Å².